The molecule has 0 unspecified atom stereocenters. The maximum absolute atomic E-state index is 12.4. The van der Waals surface area contributed by atoms with Gasteiger partial charge in [-0.2, -0.15) is 0 Å². The molecule has 0 radical (unpaired) electrons. The molecule has 1 aliphatic carbocycles. The number of carbonyl (C=O) groups is 2. The molecule has 1 saturated carbocycles. The number of nitrogens with one attached hydrogen (secondary N) is 2. The van der Waals surface area contributed by atoms with Crippen molar-refractivity contribution in [3.63, 3.8) is 0 Å². The standard InChI is InChI=1S/C15H27N3O2/c1-11-7-5-6-10-18(11)14(19)12(2)16-15(20)17-13-8-3-4-9-13/h11-13H,3-10H2,1-2H3,(H2,16,17,20)/t11-,12-/m1/s1. The molecule has 114 valence electrons. The summed E-state index contributed by atoms with van der Waals surface area (Å²) in [6.45, 7) is 4.68. The molecule has 2 fully saturated rings. The Morgan fingerprint density at radius 3 is 2.40 bits per heavy atom. The summed E-state index contributed by atoms with van der Waals surface area (Å²) < 4.78 is 0. The summed E-state index contributed by atoms with van der Waals surface area (Å²) in [4.78, 5) is 26.2. The highest BCUT2D eigenvalue weighted by molar-refractivity contribution is 5.87. The fourth-order valence-corrected chi connectivity index (χ4v) is 3.23. The molecule has 0 aromatic carbocycles. The van der Waals surface area contributed by atoms with Gasteiger partial charge >= 0.3 is 6.03 Å². The molecule has 2 N–H and O–H groups in total. The second kappa shape index (κ2) is 6.95. The summed E-state index contributed by atoms with van der Waals surface area (Å²) in [6.07, 6.45) is 7.80. The van der Waals surface area contributed by atoms with Crippen LogP contribution in [0.3, 0.4) is 0 Å². The van der Waals surface area contributed by atoms with Crippen LogP contribution in [-0.2, 0) is 4.79 Å². The third-order valence-electron chi connectivity index (χ3n) is 4.49. The van der Waals surface area contributed by atoms with E-state index in [1.165, 1.54) is 19.3 Å². The molecule has 2 aliphatic rings. The van der Waals surface area contributed by atoms with Crippen molar-refractivity contribution in [2.24, 2.45) is 0 Å². The maximum atomic E-state index is 12.4. The Hall–Kier alpha value is -1.26. The van der Waals surface area contributed by atoms with Crippen LogP contribution in [0.4, 0.5) is 4.79 Å². The van der Waals surface area contributed by atoms with Gasteiger partial charge in [0.25, 0.3) is 0 Å². The van der Waals surface area contributed by atoms with Crippen LogP contribution in [0.2, 0.25) is 0 Å². The van der Waals surface area contributed by atoms with Gasteiger partial charge in [-0.25, -0.2) is 4.79 Å². The van der Waals surface area contributed by atoms with Gasteiger partial charge in [0.1, 0.15) is 6.04 Å². The summed E-state index contributed by atoms with van der Waals surface area (Å²) in [5.41, 5.74) is 0. The highest BCUT2D eigenvalue weighted by atomic mass is 16.2. The van der Waals surface area contributed by atoms with E-state index in [2.05, 4.69) is 17.6 Å². The van der Waals surface area contributed by atoms with Crippen LogP contribution in [-0.4, -0.2) is 41.5 Å². The lowest BCUT2D eigenvalue weighted by Crippen LogP contribution is -2.54. The van der Waals surface area contributed by atoms with Crippen LogP contribution < -0.4 is 10.6 Å². The molecular formula is C15H27N3O2. The van der Waals surface area contributed by atoms with Crippen molar-refractivity contribution in [2.45, 2.75) is 76.9 Å². The number of amides is 3. The van der Waals surface area contributed by atoms with Crippen LogP contribution >= 0.6 is 0 Å². The van der Waals surface area contributed by atoms with Gasteiger partial charge in [-0.1, -0.05) is 12.8 Å². The molecule has 5 heteroatoms. The molecular weight excluding hydrogens is 254 g/mol. The van der Waals surface area contributed by atoms with Crippen LogP contribution in [0.1, 0.15) is 58.8 Å². The molecule has 0 bridgehead atoms. The van der Waals surface area contributed by atoms with Crippen LogP contribution in [0, 0.1) is 0 Å². The van der Waals surface area contributed by atoms with E-state index < -0.39 is 6.04 Å². The monoisotopic (exact) mass is 281 g/mol. The molecule has 0 aromatic heterocycles. The predicted molar refractivity (Wildman–Crippen MR) is 78.4 cm³/mol. The first-order chi connectivity index (χ1) is 9.58. The molecule has 1 aliphatic heterocycles. The Morgan fingerprint density at radius 1 is 1.10 bits per heavy atom. The highest BCUT2D eigenvalue weighted by Gasteiger charge is 2.28. The second-order valence-corrected chi connectivity index (χ2v) is 6.20. The number of piperidine rings is 1. The maximum Gasteiger partial charge on any atom is 0.315 e. The molecule has 0 spiro atoms. The first kappa shape index (κ1) is 15.1. The minimum atomic E-state index is -0.447. The lowest BCUT2D eigenvalue weighted by atomic mass is 10.0. The van der Waals surface area contributed by atoms with E-state index in [0.29, 0.717) is 6.04 Å². The zero-order chi connectivity index (χ0) is 14.5. The fourth-order valence-electron chi connectivity index (χ4n) is 3.23. The Balaban J connectivity index is 1.79. The van der Waals surface area contributed by atoms with Gasteiger partial charge in [-0.05, 0) is 46.0 Å². The number of nitrogens with zero attached hydrogens (tertiary/aromatic N) is 1. The van der Waals surface area contributed by atoms with E-state index in [1.54, 1.807) is 6.92 Å². The van der Waals surface area contributed by atoms with E-state index in [4.69, 9.17) is 0 Å². The van der Waals surface area contributed by atoms with E-state index in [-0.39, 0.29) is 18.0 Å². The highest BCUT2D eigenvalue weighted by Crippen LogP contribution is 2.18. The third-order valence-corrected chi connectivity index (χ3v) is 4.49. The molecule has 1 heterocycles. The van der Waals surface area contributed by atoms with Gasteiger partial charge in [0.15, 0.2) is 0 Å². The van der Waals surface area contributed by atoms with Gasteiger partial charge in [0, 0.05) is 18.6 Å². The summed E-state index contributed by atoms with van der Waals surface area (Å²) in [5.74, 6) is 0.0405. The van der Waals surface area contributed by atoms with Gasteiger partial charge in [-0.15, -0.1) is 0 Å². The average Bonchev–Trinajstić information content (AvgIpc) is 2.91. The number of rotatable bonds is 3. The van der Waals surface area contributed by atoms with Crippen molar-refractivity contribution in [1.82, 2.24) is 15.5 Å². The number of urea groups is 1. The first-order valence-corrected chi connectivity index (χ1v) is 7.95. The molecule has 5 nitrogen and oxygen atoms in total. The van der Waals surface area contributed by atoms with Gasteiger partial charge in [-0.3, -0.25) is 4.79 Å². The molecule has 20 heavy (non-hydrogen) atoms. The first-order valence-electron chi connectivity index (χ1n) is 7.95. The second-order valence-electron chi connectivity index (χ2n) is 6.20. The molecule has 2 rings (SSSR count). The normalized spacial score (nSPS) is 25.3. The van der Waals surface area contributed by atoms with Crippen molar-refractivity contribution >= 4 is 11.9 Å². The molecule has 3 amide bonds. The summed E-state index contributed by atoms with van der Waals surface area (Å²) in [5, 5.41) is 5.74. The number of carbonyl (C=O) groups excluding carboxylic acids is 2. The van der Waals surface area contributed by atoms with E-state index in [9.17, 15) is 9.59 Å². The minimum absolute atomic E-state index is 0.0405. The minimum Gasteiger partial charge on any atom is -0.338 e. The van der Waals surface area contributed by atoms with Crippen molar-refractivity contribution in [3.8, 4) is 0 Å². The van der Waals surface area contributed by atoms with Crippen molar-refractivity contribution in [3.05, 3.63) is 0 Å². The largest absolute Gasteiger partial charge is 0.338 e. The van der Waals surface area contributed by atoms with Gasteiger partial charge < -0.3 is 15.5 Å². The molecule has 2 atom stereocenters. The Kier molecular flexibility index (Phi) is 5.26. The van der Waals surface area contributed by atoms with E-state index in [0.717, 1.165) is 32.2 Å². The van der Waals surface area contributed by atoms with Gasteiger partial charge in [0.05, 0.1) is 0 Å². The molecule has 0 aromatic rings. The van der Waals surface area contributed by atoms with Crippen LogP contribution in [0.25, 0.3) is 0 Å². The topological polar surface area (TPSA) is 61.4 Å². The number of hydrogen-bond donors (Lipinski definition) is 2. The van der Waals surface area contributed by atoms with E-state index >= 15 is 0 Å². The van der Waals surface area contributed by atoms with E-state index in [1.807, 2.05) is 4.90 Å². The quantitative estimate of drug-likeness (QED) is 0.831. The SMILES string of the molecule is C[C@@H]1CCCCN1C(=O)[C@@H](C)NC(=O)NC1CCCC1. The smallest absolute Gasteiger partial charge is 0.315 e. The summed E-state index contributed by atoms with van der Waals surface area (Å²) >= 11 is 0. The Labute approximate surface area is 121 Å². The van der Waals surface area contributed by atoms with Crippen molar-refractivity contribution < 1.29 is 9.59 Å². The average molecular weight is 281 g/mol. The fraction of sp³-hybridized carbons (Fsp3) is 0.867. The summed E-state index contributed by atoms with van der Waals surface area (Å²) in [7, 11) is 0. The number of hydrogen-bond acceptors (Lipinski definition) is 2. The number of likely N-dealkylation sites (tertiary alicyclic amines) is 1. The Morgan fingerprint density at radius 2 is 1.75 bits per heavy atom. The zero-order valence-corrected chi connectivity index (χ0v) is 12.7. The lowest BCUT2D eigenvalue weighted by molar-refractivity contribution is -0.136. The zero-order valence-electron chi connectivity index (χ0n) is 12.7. The van der Waals surface area contributed by atoms with Gasteiger partial charge in [0.2, 0.25) is 5.91 Å². The third kappa shape index (κ3) is 3.87. The van der Waals surface area contributed by atoms with Crippen LogP contribution in [0.5, 0.6) is 0 Å². The van der Waals surface area contributed by atoms with Crippen LogP contribution in [0.15, 0.2) is 0 Å². The van der Waals surface area contributed by atoms with Crippen molar-refractivity contribution in [1.29, 1.82) is 0 Å². The Bertz CT molecular complexity index is 353. The lowest BCUT2D eigenvalue weighted by Gasteiger charge is -2.35. The van der Waals surface area contributed by atoms with Crippen molar-refractivity contribution in [2.75, 3.05) is 6.54 Å². The molecule has 1 saturated heterocycles. The predicted octanol–water partition coefficient (Wildman–Crippen LogP) is 2.02. The summed E-state index contributed by atoms with van der Waals surface area (Å²) in [6, 6.07) is -0.0797.